The second-order valence-corrected chi connectivity index (χ2v) is 5.94. The van der Waals surface area contributed by atoms with E-state index in [4.69, 9.17) is 0 Å². The molecule has 1 radical (unpaired) electrons. The highest BCUT2D eigenvalue weighted by atomic mass is 32.1. The minimum Gasteiger partial charge on any atom is -0.361 e. The van der Waals surface area contributed by atoms with Crippen molar-refractivity contribution in [2.24, 2.45) is 0 Å². The van der Waals surface area contributed by atoms with Gasteiger partial charge in [0.1, 0.15) is 0 Å². The van der Waals surface area contributed by atoms with Crippen molar-refractivity contribution >= 4 is 43.5 Å². The summed E-state index contributed by atoms with van der Waals surface area (Å²) in [6, 6.07) is 15.7. The van der Waals surface area contributed by atoms with Crippen molar-refractivity contribution in [3.8, 4) is 0 Å². The van der Waals surface area contributed by atoms with E-state index in [-0.39, 0.29) is 5.91 Å². The third kappa shape index (κ3) is 2.35. The van der Waals surface area contributed by atoms with Gasteiger partial charge in [0.05, 0.1) is 16.6 Å². The van der Waals surface area contributed by atoms with Crippen LogP contribution in [0.25, 0.3) is 21.1 Å². The summed E-state index contributed by atoms with van der Waals surface area (Å²) in [4.78, 5) is 19.7. The number of H-pyrrole nitrogens is 1. The van der Waals surface area contributed by atoms with Gasteiger partial charge >= 0.3 is 0 Å². The minimum atomic E-state index is -0.177. The maximum atomic E-state index is 12.2. The number of hydrogen-bond acceptors (Lipinski definition) is 3. The van der Waals surface area contributed by atoms with Crippen LogP contribution in [0.4, 0.5) is 5.13 Å². The van der Waals surface area contributed by atoms with Crippen LogP contribution in [0.2, 0.25) is 0 Å². The van der Waals surface area contributed by atoms with Gasteiger partial charge in [0, 0.05) is 17.1 Å². The topological polar surface area (TPSA) is 57.8 Å². The van der Waals surface area contributed by atoms with Crippen LogP contribution in [-0.2, 0) is 4.79 Å². The Bertz CT molecular complexity index is 937. The number of anilines is 1. The van der Waals surface area contributed by atoms with Crippen LogP contribution < -0.4 is 5.32 Å². The largest absolute Gasteiger partial charge is 0.361 e. The Morgan fingerprint density at radius 1 is 1.14 bits per heavy atom. The summed E-state index contributed by atoms with van der Waals surface area (Å²) in [5.41, 5.74) is 2.78. The van der Waals surface area contributed by atoms with Gasteiger partial charge < -0.3 is 10.3 Å². The molecule has 107 valence electrons. The van der Waals surface area contributed by atoms with E-state index in [1.54, 1.807) is 6.42 Å². The summed E-state index contributed by atoms with van der Waals surface area (Å²) < 4.78 is 1.06. The Labute approximate surface area is 130 Å². The highest BCUT2D eigenvalue weighted by Crippen LogP contribution is 2.26. The minimum absolute atomic E-state index is 0.177. The summed E-state index contributed by atoms with van der Waals surface area (Å²) >= 11 is 1.47. The van der Waals surface area contributed by atoms with Crippen LogP contribution in [0, 0.1) is 6.42 Å². The number of rotatable bonds is 3. The van der Waals surface area contributed by atoms with Crippen molar-refractivity contribution in [2.75, 3.05) is 5.32 Å². The van der Waals surface area contributed by atoms with Gasteiger partial charge in [-0.3, -0.25) is 4.79 Å². The van der Waals surface area contributed by atoms with Crippen molar-refractivity contribution in [3.63, 3.8) is 0 Å². The molecule has 0 saturated carbocycles. The molecule has 2 heterocycles. The van der Waals surface area contributed by atoms with Gasteiger partial charge in [-0.05, 0) is 23.8 Å². The first-order valence-corrected chi connectivity index (χ1v) is 7.69. The van der Waals surface area contributed by atoms with Gasteiger partial charge in [-0.2, -0.15) is 0 Å². The number of aromatic nitrogens is 2. The summed E-state index contributed by atoms with van der Waals surface area (Å²) in [5.74, 6) is -0.177. The maximum Gasteiger partial charge on any atom is 0.234 e. The Balaban J connectivity index is 1.55. The molecule has 0 bridgehead atoms. The third-order valence-electron chi connectivity index (χ3n) is 3.43. The van der Waals surface area contributed by atoms with E-state index in [0.29, 0.717) is 5.13 Å². The number of aromatic amines is 1. The molecule has 4 aromatic rings. The van der Waals surface area contributed by atoms with E-state index in [1.165, 1.54) is 11.3 Å². The van der Waals surface area contributed by atoms with Crippen molar-refractivity contribution in [1.29, 1.82) is 0 Å². The fourth-order valence-corrected chi connectivity index (χ4v) is 3.29. The number of carbonyl (C=O) groups is 1. The average Bonchev–Trinajstić information content (AvgIpc) is 3.11. The van der Waals surface area contributed by atoms with Gasteiger partial charge in [0.2, 0.25) is 5.91 Å². The molecule has 2 aromatic heterocycles. The average molecular weight is 306 g/mol. The van der Waals surface area contributed by atoms with Crippen LogP contribution in [0.1, 0.15) is 5.56 Å². The Hall–Kier alpha value is -2.66. The molecule has 2 aromatic carbocycles. The molecule has 0 aliphatic rings. The molecule has 0 fully saturated rings. The molecule has 0 spiro atoms. The molecule has 4 rings (SSSR count). The zero-order chi connectivity index (χ0) is 14.9. The SMILES string of the molecule is O=C([CH]c1c[nH]c2ccccc12)Nc1nc2ccccc2s1. The molecule has 5 heteroatoms. The number of carbonyl (C=O) groups excluding carboxylic acids is 1. The van der Waals surface area contributed by atoms with Crippen molar-refractivity contribution in [2.45, 2.75) is 0 Å². The van der Waals surface area contributed by atoms with Gasteiger partial charge in [-0.25, -0.2) is 4.98 Å². The van der Waals surface area contributed by atoms with Crippen LogP contribution in [0.15, 0.2) is 54.7 Å². The van der Waals surface area contributed by atoms with Crippen molar-refractivity contribution in [3.05, 3.63) is 66.7 Å². The normalized spacial score (nSPS) is 11.1. The van der Waals surface area contributed by atoms with Crippen LogP contribution >= 0.6 is 11.3 Å². The number of amides is 1. The Morgan fingerprint density at radius 2 is 1.95 bits per heavy atom. The summed E-state index contributed by atoms with van der Waals surface area (Å²) in [5, 5.41) is 4.48. The van der Waals surface area contributed by atoms with Crippen molar-refractivity contribution in [1.82, 2.24) is 9.97 Å². The van der Waals surface area contributed by atoms with E-state index in [9.17, 15) is 4.79 Å². The lowest BCUT2D eigenvalue weighted by molar-refractivity contribution is -0.112. The first-order chi connectivity index (χ1) is 10.8. The second-order valence-electron chi connectivity index (χ2n) is 4.91. The fourth-order valence-electron chi connectivity index (χ4n) is 2.42. The first-order valence-electron chi connectivity index (χ1n) is 6.87. The predicted molar refractivity (Wildman–Crippen MR) is 90.0 cm³/mol. The quantitative estimate of drug-likeness (QED) is 0.602. The van der Waals surface area contributed by atoms with Gasteiger partial charge in [0.15, 0.2) is 5.13 Å². The van der Waals surface area contributed by atoms with Crippen LogP contribution in [0.3, 0.4) is 0 Å². The molecule has 2 N–H and O–H groups in total. The number of benzene rings is 2. The lowest BCUT2D eigenvalue weighted by Gasteiger charge is -2.00. The summed E-state index contributed by atoms with van der Waals surface area (Å²) in [6.07, 6.45) is 3.42. The molecule has 4 nitrogen and oxygen atoms in total. The molecule has 0 aliphatic heterocycles. The zero-order valence-corrected chi connectivity index (χ0v) is 12.4. The molecule has 0 aliphatic carbocycles. The standard InChI is InChI=1S/C17H12N3OS/c21-16(9-11-10-18-13-6-2-1-5-12(11)13)20-17-19-14-7-3-4-8-15(14)22-17/h1-10,18H,(H,19,20,21). The molecule has 0 atom stereocenters. The van der Waals surface area contributed by atoms with E-state index >= 15 is 0 Å². The summed E-state index contributed by atoms with van der Waals surface area (Å²) in [7, 11) is 0. The lowest BCUT2D eigenvalue weighted by atomic mass is 10.1. The Kier molecular flexibility index (Phi) is 3.12. The molecular formula is C17H12N3OS. The van der Waals surface area contributed by atoms with Crippen LogP contribution in [0.5, 0.6) is 0 Å². The Morgan fingerprint density at radius 3 is 2.86 bits per heavy atom. The monoisotopic (exact) mass is 306 g/mol. The highest BCUT2D eigenvalue weighted by Gasteiger charge is 2.11. The van der Waals surface area contributed by atoms with E-state index in [1.807, 2.05) is 54.7 Å². The van der Waals surface area contributed by atoms with Crippen molar-refractivity contribution < 1.29 is 4.79 Å². The first kappa shape index (κ1) is 13.0. The third-order valence-corrected chi connectivity index (χ3v) is 4.38. The number of fused-ring (bicyclic) bond motifs is 2. The molecule has 1 amide bonds. The molecule has 0 unspecified atom stereocenters. The number of nitrogens with zero attached hydrogens (tertiary/aromatic N) is 1. The molecule has 22 heavy (non-hydrogen) atoms. The molecule has 0 saturated heterocycles. The fraction of sp³-hybridized carbons (Fsp3) is 0. The van der Waals surface area contributed by atoms with Gasteiger partial charge in [-0.1, -0.05) is 41.7 Å². The van der Waals surface area contributed by atoms with E-state index in [0.717, 1.165) is 26.7 Å². The lowest BCUT2D eigenvalue weighted by Crippen LogP contribution is -2.11. The second kappa shape index (κ2) is 5.27. The number of nitrogens with one attached hydrogen (secondary N) is 2. The number of para-hydroxylation sites is 2. The van der Waals surface area contributed by atoms with Gasteiger partial charge in [-0.15, -0.1) is 0 Å². The predicted octanol–water partition coefficient (Wildman–Crippen LogP) is 3.97. The van der Waals surface area contributed by atoms with Crippen LogP contribution in [-0.4, -0.2) is 15.9 Å². The number of hydrogen-bond donors (Lipinski definition) is 2. The van der Waals surface area contributed by atoms with Gasteiger partial charge in [0.25, 0.3) is 0 Å². The summed E-state index contributed by atoms with van der Waals surface area (Å²) in [6.45, 7) is 0. The van der Waals surface area contributed by atoms with E-state index in [2.05, 4.69) is 15.3 Å². The smallest absolute Gasteiger partial charge is 0.234 e. The highest BCUT2D eigenvalue weighted by molar-refractivity contribution is 7.22. The number of thiazole rings is 1. The maximum absolute atomic E-state index is 12.2. The molecular weight excluding hydrogens is 294 g/mol. The van der Waals surface area contributed by atoms with E-state index < -0.39 is 0 Å². The zero-order valence-electron chi connectivity index (χ0n) is 11.5.